The first-order valence-corrected chi connectivity index (χ1v) is 11.6. The fourth-order valence-corrected chi connectivity index (χ4v) is 4.50. The number of aromatic nitrogens is 5. The van der Waals surface area contributed by atoms with Crippen molar-refractivity contribution in [3.8, 4) is 22.6 Å². The van der Waals surface area contributed by atoms with Crippen molar-refractivity contribution < 1.29 is 14.3 Å². The quantitative estimate of drug-likeness (QED) is 0.253. The average Bonchev–Trinajstić information content (AvgIpc) is 3.51. The maximum atomic E-state index is 12.8. The Balaban J connectivity index is 1.33. The van der Waals surface area contributed by atoms with Crippen LogP contribution >= 0.6 is 12.2 Å². The van der Waals surface area contributed by atoms with Gasteiger partial charge in [0, 0.05) is 54.3 Å². The van der Waals surface area contributed by atoms with Gasteiger partial charge in [-0.25, -0.2) is 0 Å². The molecule has 0 unspecified atom stereocenters. The number of carbonyl (C=O) groups excluding carboxylic acids is 1. The predicted molar refractivity (Wildman–Crippen MR) is 139 cm³/mol. The molecule has 0 aliphatic carbocycles. The lowest BCUT2D eigenvalue weighted by molar-refractivity contribution is 0.0948. The van der Waals surface area contributed by atoms with Gasteiger partial charge in [-0.15, -0.1) is 0 Å². The molecule has 0 fully saturated rings. The number of aromatic amines is 2. The van der Waals surface area contributed by atoms with E-state index in [1.807, 2.05) is 43.7 Å². The third-order valence-corrected chi connectivity index (χ3v) is 6.38. The van der Waals surface area contributed by atoms with Gasteiger partial charge < -0.3 is 29.3 Å². The first-order valence-electron chi connectivity index (χ1n) is 11.2. The summed E-state index contributed by atoms with van der Waals surface area (Å²) in [6, 6.07) is 11.3. The van der Waals surface area contributed by atoms with Crippen molar-refractivity contribution in [3.63, 3.8) is 0 Å². The number of nitrogens with zero attached hydrogens (tertiary/aromatic N) is 3. The number of fused-ring (bicyclic) bond motifs is 2. The molecule has 0 aliphatic rings. The van der Waals surface area contributed by atoms with Crippen LogP contribution in [0.15, 0.2) is 48.8 Å². The summed E-state index contributed by atoms with van der Waals surface area (Å²) in [7, 11) is 4.98. The highest BCUT2D eigenvalue weighted by Crippen LogP contribution is 2.30. The molecule has 3 aromatic heterocycles. The second kappa shape index (κ2) is 9.34. The average molecular weight is 504 g/mol. The smallest absolute Gasteiger partial charge is 0.267 e. The Labute approximate surface area is 211 Å². The first-order chi connectivity index (χ1) is 17.4. The van der Waals surface area contributed by atoms with E-state index in [2.05, 4.69) is 20.4 Å². The zero-order valence-electron chi connectivity index (χ0n) is 20.0. The van der Waals surface area contributed by atoms with E-state index in [1.165, 1.54) is 0 Å². The Kier molecular flexibility index (Phi) is 6.06. The molecule has 11 heteroatoms. The summed E-state index contributed by atoms with van der Waals surface area (Å²) < 4.78 is 14.5. The number of amides is 1. The van der Waals surface area contributed by atoms with Gasteiger partial charge in [-0.05, 0) is 42.0 Å². The monoisotopic (exact) mass is 503 g/mol. The molecule has 0 saturated carbocycles. The highest BCUT2D eigenvalue weighted by atomic mass is 32.1. The van der Waals surface area contributed by atoms with Gasteiger partial charge >= 0.3 is 0 Å². The van der Waals surface area contributed by atoms with Gasteiger partial charge in [0.1, 0.15) is 11.2 Å². The molecule has 0 radical (unpaired) electrons. The summed E-state index contributed by atoms with van der Waals surface area (Å²) in [6.45, 7) is 0.623. The van der Waals surface area contributed by atoms with Crippen LogP contribution in [0.1, 0.15) is 10.5 Å². The van der Waals surface area contributed by atoms with Crippen molar-refractivity contribution in [2.45, 2.75) is 6.54 Å². The Morgan fingerprint density at radius 3 is 2.58 bits per heavy atom. The minimum absolute atomic E-state index is 0.220. The van der Waals surface area contributed by atoms with Crippen molar-refractivity contribution in [3.05, 3.63) is 64.7 Å². The second-order valence-corrected chi connectivity index (χ2v) is 8.71. The SMILES string of the molecule is COc1cc2[nH]c(=S)n(CCNC(=O)c3cc4cc(-c5cnn(C)c5)ccc4[nH]3)c(=N)c2cc1OC. The van der Waals surface area contributed by atoms with Crippen molar-refractivity contribution in [1.82, 2.24) is 29.6 Å². The number of methoxy groups -OCH3 is 2. The molecule has 0 atom stereocenters. The Morgan fingerprint density at radius 2 is 1.86 bits per heavy atom. The summed E-state index contributed by atoms with van der Waals surface area (Å²) in [5, 5.41) is 17.3. The number of H-pyrrole nitrogens is 2. The molecule has 0 spiro atoms. The molecule has 4 N–H and O–H groups in total. The molecule has 3 heterocycles. The molecule has 184 valence electrons. The fraction of sp³-hybridized carbons (Fsp3) is 0.200. The lowest BCUT2D eigenvalue weighted by Crippen LogP contribution is -2.32. The maximum absolute atomic E-state index is 12.8. The molecule has 1 amide bonds. The van der Waals surface area contributed by atoms with E-state index in [0.29, 0.717) is 46.0 Å². The molecule has 5 rings (SSSR count). The van der Waals surface area contributed by atoms with Crippen LogP contribution in [0.2, 0.25) is 0 Å². The van der Waals surface area contributed by atoms with Crippen LogP contribution in [-0.2, 0) is 13.6 Å². The second-order valence-electron chi connectivity index (χ2n) is 8.33. The predicted octanol–water partition coefficient (Wildman–Crippen LogP) is 3.51. The normalized spacial score (nSPS) is 11.2. The summed E-state index contributed by atoms with van der Waals surface area (Å²) in [6.07, 6.45) is 3.76. The topological polar surface area (TPSA) is 126 Å². The zero-order valence-corrected chi connectivity index (χ0v) is 20.8. The highest BCUT2D eigenvalue weighted by molar-refractivity contribution is 7.71. The van der Waals surface area contributed by atoms with Crippen molar-refractivity contribution in [2.75, 3.05) is 20.8 Å². The summed E-state index contributed by atoms with van der Waals surface area (Å²) in [5.41, 5.74) is 4.27. The number of rotatable bonds is 7. The van der Waals surface area contributed by atoms with Crippen LogP contribution in [0.4, 0.5) is 0 Å². The van der Waals surface area contributed by atoms with E-state index >= 15 is 0 Å². The largest absolute Gasteiger partial charge is 0.493 e. The molecular formula is C25H25N7O3S. The molecule has 36 heavy (non-hydrogen) atoms. The number of carbonyl (C=O) groups is 1. The van der Waals surface area contributed by atoms with E-state index < -0.39 is 0 Å². The molecule has 5 aromatic rings. The van der Waals surface area contributed by atoms with E-state index in [9.17, 15) is 4.79 Å². The maximum Gasteiger partial charge on any atom is 0.267 e. The molecule has 0 bridgehead atoms. The van der Waals surface area contributed by atoms with E-state index in [-0.39, 0.29) is 11.4 Å². The van der Waals surface area contributed by atoms with Gasteiger partial charge in [0.15, 0.2) is 16.3 Å². The number of hydrogen-bond donors (Lipinski definition) is 4. The molecular weight excluding hydrogens is 478 g/mol. The first kappa shape index (κ1) is 23.4. The van der Waals surface area contributed by atoms with Gasteiger partial charge in [0.25, 0.3) is 5.91 Å². The van der Waals surface area contributed by atoms with Gasteiger partial charge in [0.2, 0.25) is 0 Å². The number of benzene rings is 2. The van der Waals surface area contributed by atoms with Gasteiger partial charge in [-0.2, -0.15) is 5.10 Å². The number of nitrogens with one attached hydrogen (secondary N) is 4. The van der Waals surface area contributed by atoms with E-state index in [1.54, 1.807) is 35.6 Å². The Bertz CT molecular complexity index is 1730. The molecule has 10 nitrogen and oxygen atoms in total. The lowest BCUT2D eigenvalue weighted by atomic mass is 10.1. The summed E-state index contributed by atoms with van der Waals surface area (Å²) in [5.74, 6) is 0.837. The number of hydrogen-bond acceptors (Lipinski definition) is 6. The van der Waals surface area contributed by atoms with Gasteiger partial charge in [0.05, 0.1) is 25.9 Å². The third kappa shape index (κ3) is 4.24. The van der Waals surface area contributed by atoms with Crippen LogP contribution in [0, 0.1) is 10.2 Å². The van der Waals surface area contributed by atoms with Crippen LogP contribution in [-0.4, -0.2) is 51.0 Å². The Morgan fingerprint density at radius 1 is 1.08 bits per heavy atom. The Hall–Kier alpha value is -4.38. The van der Waals surface area contributed by atoms with Crippen molar-refractivity contribution in [1.29, 1.82) is 5.41 Å². The standard InChI is InChI=1S/C25H25N7O3S/c1-31-13-16(12-28-31)14-4-5-18-15(8-14)9-20(29-18)24(33)27-6-7-32-23(26)17-10-21(34-2)22(35-3)11-19(17)30-25(32)36/h4-5,8-13,26,29H,6-7H2,1-3H3,(H,27,33)(H,30,36). The van der Waals surface area contributed by atoms with Crippen molar-refractivity contribution in [2.24, 2.45) is 7.05 Å². The van der Waals surface area contributed by atoms with Gasteiger partial charge in [-0.1, -0.05) is 6.07 Å². The summed E-state index contributed by atoms with van der Waals surface area (Å²) >= 11 is 5.47. The fourth-order valence-electron chi connectivity index (χ4n) is 4.20. The number of aryl methyl sites for hydroxylation is 1. The van der Waals surface area contributed by atoms with E-state index in [0.717, 1.165) is 22.0 Å². The third-order valence-electron chi connectivity index (χ3n) is 6.06. The van der Waals surface area contributed by atoms with Crippen LogP contribution in [0.3, 0.4) is 0 Å². The van der Waals surface area contributed by atoms with Crippen molar-refractivity contribution >= 4 is 39.9 Å². The van der Waals surface area contributed by atoms with E-state index in [4.69, 9.17) is 27.1 Å². The summed E-state index contributed by atoms with van der Waals surface area (Å²) in [4.78, 5) is 19.1. The molecule has 0 saturated heterocycles. The van der Waals surface area contributed by atoms with Gasteiger partial charge in [-0.3, -0.25) is 14.9 Å². The van der Waals surface area contributed by atoms with Crippen LogP contribution < -0.4 is 20.3 Å². The zero-order chi connectivity index (χ0) is 25.4. The highest BCUT2D eigenvalue weighted by Gasteiger charge is 2.13. The van der Waals surface area contributed by atoms with Crippen LogP contribution in [0.25, 0.3) is 32.9 Å². The molecule has 0 aliphatic heterocycles. The minimum atomic E-state index is -0.233. The molecule has 2 aromatic carbocycles. The lowest BCUT2D eigenvalue weighted by Gasteiger charge is -2.13. The van der Waals surface area contributed by atoms with Crippen LogP contribution in [0.5, 0.6) is 11.5 Å². The minimum Gasteiger partial charge on any atom is -0.493 e. The number of ether oxygens (including phenoxy) is 2.